The summed E-state index contributed by atoms with van der Waals surface area (Å²) >= 11 is 6.98. The number of hydrogen-bond donors (Lipinski definition) is 0. The van der Waals surface area contributed by atoms with Gasteiger partial charge in [-0.25, -0.2) is 0 Å². The number of nitrogens with zero attached hydrogens (tertiary/aromatic N) is 4. The fourth-order valence-electron chi connectivity index (χ4n) is 1.18. The summed E-state index contributed by atoms with van der Waals surface area (Å²) in [4.78, 5) is 0. The van der Waals surface area contributed by atoms with E-state index in [4.69, 9.17) is 0 Å². The molecule has 1 aromatic heterocycles. The number of aromatic nitrogens is 2. The zero-order chi connectivity index (χ0) is 9.71. The summed E-state index contributed by atoms with van der Waals surface area (Å²) in [6, 6.07) is 0. The van der Waals surface area contributed by atoms with Crippen molar-refractivity contribution in [1.29, 1.82) is 0 Å². The van der Waals surface area contributed by atoms with Gasteiger partial charge in [0.2, 0.25) is 0 Å². The molecule has 1 aromatic carbocycles. The van der Waals surface area contributed by atoms with Gasteiger partial charge in [0.1, 0.15) is 0 Å². The third-order valence-electron chi connectivity index (χ3n) is 1.81. The molecule has 2 heterocycles. The van der Waals surface area contributed by atoms with E-state index in [0.717, 1.165) is 31.4 Å². The van der Waals surface area contributed by atoms with Gasteiger partial charge in [-0.15, -0.1) is 0 Å². The zero-order valence-electron chi connectivity index (χ0n) is 6.36. The Balaban J connectivity index is 2.59. The third kappa shape index (κ3) is 1.22. The molecule has 8 heteroatoms. The van der Waals surface area contributed by atoms with Crippen molar-refractivity contribution in [3.63, 3.8) is 0 Å². The van der Waals surface area contributed by atoms with Crippen molar-refractivity contribution in [2.75, 3.05) is 0 Å². The van der Waals surface area contributed by atoms with Crippen molar-refractivity contribution in [3.05, 3.63) is 8.95 Å². The Morgan fingerprint density at radius 1 is 0.857 bits per heavy atom. The topological polar surface area (TPSA) is 50.5 Å². The van der Waals surface area contributed by atoms with Crippen molar-refractivity contribution in [2.24, 2.45) is 7.92 Å². The Kier molecular flexibility index (Phi) is 2.39. The molecule has 0 fully saturated rings. The minimum absolute atomic E-state index is 0.0202. The maximum absolute atomic E-state index is 4.36. The summed E-state index contributed by atoms with van der Waals surface area (Å²) in [5.74, 6) is 0. The van der Waals surface area contributed by atoms with Gasteiger partial charge in [0, 0.05) is 0 Å². The second kappa shape index (κ2) is 3.47. The first kappa shape index (κ1) is 9.63. The number of fused-ring (bicyclic) bond motifs is 2. The first-order valence-electron chi connectivity index (χ1n) is 3.50. The van der Waals surface area contributed by atoms with Gasteiger partial charge in [-0.2, -0.15) is 0 Å². The molecule has 0 unspecified atom stereocenters. The van der Waals surface area contributed by atoms with Gasteiger partial charge < -0.3 is 0 Å². The molecule has 0 saturated heterocycles. The fraction of sp³-hybridized carbons (Fsp3) is 0. The summed E-state index contributed by atoms with van der Waals surface area (Å²) < 4.78 is 19.3. The van der Waals surface area contributed by atoms with Crippen LogP contribution in [0.5, 0.6) is 0 Å². The Labute approximate surface area is 108 Å². The van der Waals surface area contributed by atoms with E-state index in [1.54, 1.807) is 0 Å². The van der Waals surface area contributed by atoms with E-state index < -0.39 is 0 Å². The van der Waals surface area contributed by atoms with Crippen LogP contribution in [0.25, 0.3) is 11.0 Å². The standard InChI is InChI=1S/C6Br2N4Se2/c7-1-3-5(11-13-9-3)2(8)6-4(1)10-14-12-6. The molecule has 0 atom stereocenters. The van der Waals surface area contributed by atoms with Crippen molar-refractivity contribution < 1.29 is 0 Å². The molecule has 0 spiro atoms. The Morgan fingerprint density at radius 2 is 1.36 bits per heavy atom. The van der Waals surface area contributed by atoms with Crippen LogP contribution in [0.1, 0.15) is 0 Å². The van der Waals surface area contributed by atoms with Crippen molar-refractivity contribution in [2.45, 2.75) is 0 Å². The molecule has 70 valence electrons. The summed E-state index contributed by atoms with van der Waals surface area (Å²) in [6.07, 6.45) is 0. The van der Waals surface area contributed by atoms with Crippen molar-refractivity contribution >= 4 is 83.8 Å². The van der Waals surface area contributed by atoms with Crippen LogP contribution < -0.4 is 0 Å². The summed E-state index contributed by atoms with van der Waals surface area (Å²) in [5, 5.41) is 0. The first-order valence-corrected chi connectivity index (χ1v) is 8.15. The predicted octanol–water partition coefficient (Wildman–Crippen LogP) is 2.56. The Morgan fingerprint density at radius 3 is 1.86 bits per heavy atom. The van der Waals surface area contributed by atoms with Crippen molar-refractivity contribution in [3.8, 4) is 0 Å². The summed E-state index contributed by atoms with van der Waals surface area (Å²) in [6.45, 7) is 0. The van der Waals surface area contributed by atoms with E-state index in [1.807, 2.05) is 0 Å². The van der Waals surface area contributed by atoms with Gasteiger partial charge in [-0.05, 0) is 0 Å². The molecule has 14 heavy (non-hydrogen) atoms. The van der Waals surface area contributed by atoms with Gasteiger partial charge >= 0.3 is 109 Å². The molecule has 0 N–H and O–H groups in total. The molecular weight excluding hydrogens is 446 g/mol. The average molecular weight is 446 g/mol. The van der Waals surface area contributed by atoms with E-state index >= 15 is 0 Å². The molecule has 0 bridgehead atoms. The fourth-order valence-corrected chi connectivity index (χ4v) is 5.69. The van der Waals surface area contributed by atoms with Gasteiger partial charge in [0.25, 0.3) is 0 Å². The second-order valence-corrected chi connectivity index (χ2v) is 6.35. The van der Waals surface area contributed by atoms with Gasteiger partial charge in [-0.3, -0.25) is 0 Å². The zero-order valence-corrected chi connectivity index (χ0v) is 13.0. The molecule has 0 amide bonds. The molecule has 1 aliphatic rings. The minimum atomic E-state index is -0.0202. The van der Waals surface area contributed by atoms with Crippen LogP contribution in [0.4, 0.5) is 11.4 Å². The molecule has 0 saturated carbocycles. The van der Waals surface area contributed by atoms with E-state index in [1.165, 1.54) is 0 Å². The van der Waals surface area contributed by atoms with Crippen LogP contribution in [-0.2, 0) is 0 Å². The second-order valence-electron chi connectivity index (χ2n) is 2.55. The molecule has 0 aliphatic carbocycles. The van der Waals surface area contributed by atoms with Crippen LogP contribution >= 0.6 is 31.9 Å². The van der Waals surface area contributed by atoms with E-state index in [-0.39, 0.29) is 29.5 Å². The van der Waals surface area contributed by atoms with Crippen molar-refractivity contribution in [1.82, 2.24) is 7.96 Å². The quantitative estimate of drug-likeness (QED) is 0.499. The number of hydrogen-bond acceptors (Lipinski definition) is 4. The van der Waals surface area contributed by atoms with E-state index in [9.17, 15) is 0 Å². The van der Waals surface area contributed by atoms with E-state index in [0.29, 0.717) is 0 Å². The Hall–Kier alpha value is 0.419. The predicted molar refractivity (Wildman–Crippen MR) is 61.8 cm³/mol. The summed E-state index contributed by atoms with van der Waals surface area (Å²) in [7, 11) is 0. The Bertz CT molecular complexity index is 566. The van der Waals surface area contributed by atoms with Crippen LogP contribution in [-0.4, -0.2) is 37.5 Å². The maximum atomic E-state index is 4.36. The van der Waals surface area contributed by atoms with Crippen LogP contribution in [0.3, 0.4) is 0 Å². The van der Waals surface area contributed by atoms with Crippen LogP contribution in [0.15, 0.2) is 16.9 Å². The van der Waals surface area contributed by atoms with Crippen LogP contribution in [0.2, 0.25) is 0 Å². The SMILES string of the molecule is Brc1c2c(c(Br)c3n[se]nc13)N=[Se]=N2. The molecular formula is C6Br2N4Se2. The monoisotopic (exact) mass is 446 g/mol. The molecule has 2 aromatic rings. The summed E-state index contributed by atoms with van der Waals surface area (Å²) in [5.41, 5.74) is 3.69. The molecule has 1 aliphatic heterocycles. The molecule has 3 rings (SSSR count). The number of halogens is 2. The number of benzene rings is 1. The third-order valence-corrected chi connectivity index (χ3v) is 5.53. The number of rotatable bonds is 0. The molecule has 0 radical (unpaired) electrons. The van der Waals surface area contributed by atoms with Gasteiger partial charge in [-0.1, -0.05) is 0 Å². The van der Waals surface area contributed by atoms with Gasteiger partial charge in [0.05, 0.1) is 0 Å². The van der Waals surface area contributed by atoms with E-state index in [2.05, 4.69) is 47.7 Å². The first-order chi connectivity index (χ1) is 6.79. The van der Waals surface area contributed by atoms with Gasteiger partial charge in [0.15, 0.2) is 0 Å². The normalized spacial score (nSPS) is 13.3. The molecule has 4 nitrogen and oxygen atoms in total. The van der Waals surface area contributed by atoms with Crippen LogP contribution in [0, 0.1) is 0 Å². The average Bonchev–Trinajstić information content (AvgIpc) is 2.82.